The quantitative estimate of drug-likeness (QED) is 0.937. The molecule has 6 nitrogen and oxygen atoms in total. The van der Waals surface area contributed by atoms with E-state index in [9.17, 15) is 4.79 Å². The third-order valence-electron chi connectivity index (χ3n) is 4.12. The van der Waals surface area contributed by atoms with Gasteiger partial charge in [-0.1, -0.05) is 11.6 Å². The third kappa shape index (κ3) is 3.38. The van der Waals surface area contributed by atoms with Crippen molar-refractivity contribution < 1.29 is 9.53 Å². The van der Waals surface area contributed by atoms with E-state index in [2.05, 4.69) is 15.4 Å². The summed E-state index contributed by atoms with van der Waals surface area (Å²) in [4.78, 5) is 16.8. The third-order valence-corrected chi connectivity index (χ3v) is 4.51. The topological polar surface area (TPSA) is 69.0 Å². The van der Waals surface area contributed by atoms with Gasteiger partial charge in [0.1, 0.15) is 0 Å². The molecule has 2 atom stereocenters. The molecule has 1 N–H and O–H groups in total. The Morgan fingerprint density at radius 1 is 1.43 bits per heavy atom. The molecule has 0 radical (unpaired) electrons. The Kier molecular flexibility index (Phi) is 4.63. The maximum Gasteiger partial charge on any atom is 0.230 e. The molecule has 3 heterocycles. The summed E-state index contributed by atoms with van der Waals surface area (Å²) in [5.41, 5.74) is 2.37. The molecule has 0 spiro atoms. The Morgan fingerprint density at radius 2 is 2.26 bits per heavy atom. The Bertz CT molecular complexity index is 716. The van der Waals surface area contributed by atoms with Crippen LogP contribution in [0.3, 0.4) is 0 Å². The molecule has 0 saturated carbocycles. The van der Waals surface area contributed by atoms with Crippen LogP contribution in [0.1, 0.15) is 30.1 Å². The second-order valence-corrected chi connectivity index (χ2v) is 6.18. The number of halogens is 1. The minimum absolute atomic E-state index is 0.0780. The average Bonchev–Trinajstić information content (AvgIpc) is 2.98. The molecule has 0 bridgehead atoms. The van der Waals surface area contributed by atoms with Gasteiger partial charge in [0.15, 0.2) is 0 Å². The lowest BCUT2D eigenvalue weighted by Crippen LogP contribution is -2.33. The summed E-state index contributed by atoms with van der Waals surface area (Å²) >= 11 is 6.06. The second-order valence-electron chi connectivity index (χ2n) is 5.77. The molecule has 1 amide bonds. The maximum absolute atomic E-state index is 12.7. The van der Waals surface area contributed by atoms with E-state index >= 15 is 0 Å². The van der Waals surface area contributed by atoms with Gasteiger partial charge in [0, 0.05) is 31.6 Å². The fourth-order valence-electron chi connectivity index (χ4n) is 2.82. The highest BCUT2D eigenvalue weighted by atomic mass is 35.5. The standard InChI is InChI=1S/C16H19ClN4O2/c1-10-13(17)7-18-8-14(10)20-16(22)12-4-3-5-23-15(12)11-6-19-21(2)9-11/h6-9,12,15H,3-5H2,1-2H3,(H,20,22)/t12-,15+/m1/s1. The number of pyridine rings is 1. The van der Waals surface area contributed by atoms with Gasteiger partial charge in [-0.3, -0.25) is 14.5 Å². The number of nitrogens with zero attached hydrogens (tertiary/aromatic N) is 3. The van der Waals surface area contributed by atoms with Gasteiger partial charge in [-0.2, -0.15) is 5.10 Å². The van der Waals surface area contributed by atoms with Gasteiger partial charge in [-0.15, -0.1) is 0 Å². The molecule has 1 aliphatic rings. The van der Waals surface area contributed by atoms with Crippen LogP contribution in [0, 0.1) is 12.8 Å². The number of carbonyl (C=O) groups is 1. The molecule has 2 aromatic heterocycles. The normalized spacial score (nSPS) is 21.2. The summed E-state index contributed by atoms with van der Waals surface area (Å²) in [5, 5.41) is 7.64. The number of anilines is 1. The molecule has 122 valence electrons. The van der Waals surface area contributed by atoms with Gasteiger partial charge < -0.3 is 10.1 Å². The first-order chi connectivity index (χ1) is 11.1. The van der Waals surface area contributed by atoms with Crippen LogP contribution in [0.2, 0.25) is 5.02 Å². The maximum atomic E-state index is 12.7. The number of nitrogens with one attached hydrogen (secondary N) is 1. The highest BCUT2D eigenvalue weighted by molar-refractivity contribution is 6.31. The van der Waals surface area contributed by atoms with E-state index in [1.54, 1.807) is 23.3 Å². The van der Waals surface area contributed by atoms with Gasteiger partial charge in [-0.05, 0) is 25.3 Å². The number of rotatable bonds is 3. The summed E-state index contributed by atoms with van der Waals surface area (Å²) in [5.74, 6) is -0.336. The number of aromatic nitrogens is 3. The van der Waals surface area contributed by atoms with Gasteiger partial charge in [0.2, 0.25) is 5.91 Å². The molecule has 23 heavy (non-hydrogen) atoms. The summed E-state index contributed by atoms with van der Waals surface area (Å²) in [7, 11) is 1.85. The number of hydrogen-bond donors (Lipinski definition) is 1. The van der Waals surface area contributed by atoms with Crippen molar-refractivity contribution in [1.82, 2.24) is 14.8 Å². The largest absolute Gasteiger partial charge is 0.373 e. The van der Waals surface area contributed by atoms with Crippen molar-refractivity contribution in [2.45, 2.75) is 25.9 Å². The van der Waals surface area contributed by atoms with Crippen molar-refractivity contribution in [3.63, 3.8) is 0 Å². The fraction of sp³-hybridized carbons (Fsp3) is 0.438. The van der Waals surface area contributed by atoms with Crippen molar-refractivity contribution >= 4 is 23.2 Å². The number of aryl methyl sites for hydroxylation is 1. The molecule has 7 heteroatoms. The second kappa shape index (κ2) is 6.68. The smallest absolute Gasteiger partial charge is 0.230 e. The lowest BCUT2D eigenvalue weighted by Gasteiger charge is -2.30. The first kappa shape index (κ1) is 16.0. The molecular weight excluding hydrogens is 316 g/mol. The Hall–Kier alpha value is -1.92. The lowest BCUT2D eigenvalue weighted by molar-refractivity contribution is -0.129. The minimum Gasteiger partial charge on any atom is -0.373 e. The zero-order valence-corrected chi connectivity index (χ0v) is 13.9. The van der Waals surface area contributed by atoms with Crippen LogP contribution in [0.5, 0.6) is 0 Å². The van der Waals surface area contributed by atoms with E-state index in [1.165, 1.54) is 0 Å². The predicted octanol–water partition coefficient (Wildman–Crippen LogP) is 2.88. The molecule has 0 unspecified atom stereocenters. The highest BCUT2D eigenvalue weighted by Gasteiger charge is 2.34. The summed E-state index contributed by atoms with van der Waals surface area (Å²) in [6.07, 6.45) is 8.19. The highest BCUT2D eigenvalue weighted by Crippen LogP contribution is 2.34. The lowest BCUT2D eigenvalue weighted by atomic mass is 9.90. The summed E-state index contributed by atoms with van der Waals surface area (Å²) in [6.45, 7) is 2.51. The van der Waals surface area contributed by atoms with E-state index in [0.29, 0.717) is 17.3 Å². The Morgan fingerprint density at radius 3 is 3.00 bits per heavy atom. The van der Waals surface area contributed by atoms with Crippen molar-refractivity contribution in [3.8, 4) is 0 Å². The van der Waals surface area contributed by atoms with Crippen molar-refractivity contribution in [3.05, 3.63) is 40.9 Å². The average molecular weight is 335 g/mol. The molecule has 3 rings (SSSR count). The van der Waals surface area contributed by atoms with Crippen LogP contribution in [0.4, 0.5) is 5.69 Å². The van der Waals surface area contributed by atoms with Crippen LogP contribution in [-0.4, -0.2) is 27.3 Å². The van der Waals surface area contributed by atoms with Crippen molar-refractivity contribution in [1.29, 1.82) is 0 Å². The van der Waals surface area contributed by atoms with Crippen LogP contribution < -0.4 is 5.32 Å². The SMILES string of the molecule is Cc1c(Cl)cncc1NC(=O)[C@@H]1CCCO[C@H]1c1cnn(C)c1. The molecular formula is C16H19ClN4O2. The number of carbonyl (C=O) groups excluding carboxylic acids is 1. The van der Waals surface area contributed by atoms with Crippen LogP contribution in [0.25, 0.3) is 0 Å². The van der Waals surface area contributed by atoms with E-state index in [1.807, 2.05) is 20.2 Å². The van der Waals surface area contributed by atoms with Crippen molar-refractivity contribution in [2.24, 2.45) is 13.0 Å². The Balaban J connectivity index is 1.80. The first-order valence-electron chi connectivity index (χ1n) is 7.57. The fourth-order valence-corrected chi connectivity index (χ4v) is 2.97. The molecule has 1 fully saturated rings. The van der Waals surface area contributed by atoms with Crippen LogP contribution in [-0.2, 0) is 16.6 Å². The van der Waals surface area contributed by atoms with E-state index < -0.39 is 0 Å². The molecule has 2 aromatic rings. The Labute approximate surface area is 139 Å². The molecule has 1 aliphatic heterocycles. The number of ether oxygens (including phenoxy) is 1. The molecule has 1 saturated heterocycles. The summed E-state index contributed by atoms with van der Waals surface area (Å²) < 4.78 is 7.56. The van der Waals surface area contributed by atoms with E-state index in [-0.39, 0.29) is 17.9 Å². The minimum atomic E-state index is -0.273. The zero-order valence-electron chi connectivity index (χ0n) is 13.1. The van der Waals surface area contributed by atoms with Gasteiger partial charge in [0.05, 0.1) is 35.1 Å². The molecule has 0 aromatic carbocycles. The number of amides is 1. The zero-order chi connectivity index (χ0) is 16.4. The first-order valence-corrected chi connectivity index (χ1v) is 7.95. The van der Waals surface area contributed by atoms with Crippen LogP contribution >= 0.6 is 11.6 Å². The van der Waals surface area contributed by atoms with Gasteiger partial charge in [-0.25, -0.2) is 0 Å². The van der Waals surface area contributed by atoms with Crippen molar-refractivity contribution in [2.75, 3.05) is 11.9 Å². The summed E-state index contributed by atoms with van der Waals surface area (Å²) in [6, 6.07) is 0. The predicted molar refractivity (Wildman–Crippen MR) is 87.2 cm³/mol. The van der Waals surface area contributed by atoms with E-state index in [0.717, 1.165) is 24.0 Å². The molecule has 0 aliphatic carbocycles. The van der Waals surface area contributed by atoms with Gasteiger partial charge in [0.25, 0.3) is 0 Å². The number of hydrogen-bond acceptors (Lipinski definition) is 4. The van der Waals surface area contributed by atoms with Gasteiger partial charge >= 0.3 is 0 Å². The van der Waals surface area contributed by atoms with E-state index in [4.69, 9.17) is 16.3 Å². The van der Waals surface area contributed by atoms with Crippen LogP contribution in [0.15, 0.2) is 24.8 Å². The monoisotopic (exact) mass is 334 g/mol.